The van der Waals surface area contributed by atoms with Crippen molar-refractivity contribution in [3.05, 3.63) is 87.3 Å². The van der Waals surface area contributed by atoms with Crippen molar-refractivity contribution in [3.8, 4) is 0 Å². The lowest BCUT2D eigenvalue weighted by molar-refractivity contribution is -0.151. The third-order valence-electron chi connectivity index (χ3n) is 5.43. The maximum Gasteiger partial charge on any atom is 0.329 e. The van der Waals surface area contributed by atoms with Gasteiger partial charge in [-0.2, -0.15) is 0 Å². The minimum absolute atomic E-state index is 0.0479. The number of aromatic nitrogens is 1. The SMILES string of the molecule is Cc1noc(C)c1COC(=O)[C@@H]1Cc2ccccc2CN1C(=O)c1ccccc1Cl. The van der Waals surface area contributed by atoms with E-state index < -0.39 is 12.0 Å². The molecule has 0 saturated carbocycles. The summed E-state index contributed by atoms with van der Waals surface area (Å²) in [5.74, 6) is -0.155. The van der Waals surface area contributed by atoms with Crippen LogP contribution in [0.25, 0.3) is 0 Å². The van der Waals surface area contributed by atoms with Crippen LogP contribution in [0.2, 0.25) is 5.02 Å². The smallest absolute Gasteiger partial charge is 0.329 e. The molecule has 1 aliphatic rings. The normalized spacial score (nSPS) is 15.6. The second kappa shape index (κ2) is 8.32. The average Bonchev–Trinajstić information content (AvgIpc) is 3.08. The molecular weight excluding hydrogens is 404 g/mol. The van der Waals surface area contributed by atoms with E-state index in [9.17, 15) is 9.59 Å². The van der Waals surface area contributed by atoms with Crippen molar-refractivity contribution in [1.82, 2.24) is 10.1 Å². The molecule has 0 aliphatic carbocycles. The van der Waals surface area contributed by atoms with E-state index in [0.29, 0.717) is 35.0 Å². The Labute approximate surface area is 179 Å². The fraction of sp³-hybridized carbons (Fsp3) is 0.261. The highest BCUT2D eigenvalue weighted by atomic mass is 35.5. The molecule has 0 spiro atoms. The predicted octanol–water partition coefficient (Wildman–Crippen LogP) is 4.26. The van der Waals surface area contributed by atoms with Gasteiger partial charge in [-0.05, 0) is 37.1 Å². The minimum Gasteiger partial charge on any atom is -0.459 e. The van der Waals surface area contributed by atoms with Gasteiger partial charge in [0.15, 0.2) is 0 Å². The van der Waals surface area contributed by atoms with Crippen LogP contribution in [-0.4, -0.2) is 28.0 Å². The van der Waals surface area contributed by atoms with Gasteiger partial charge in [0.25, 0.3) is 5.91 Å². The summed E-state index contributed by atoms with van der Waals surface area (Å²) < 4.78 is 10.7. The molecule has 0 saturated heterocycles. The molecule has 4 rings (SSSR count). The Hall–Kier alpha value is -3.12. The van der Waals surface area contributed by atoms with E-state index >= 15 is 0 Å². The molecule has 7 heteroatoms. The number of amides is 1. The Kier molecular flexibility index (Phi) is 5.59. The van der Waals surface area contributed by atoms with E-state index in [2.05, 4.69) is 5.16 Å². The second-order valence-corrected chi connectivity index (χ2v) is 7.72. The van der Waals surface area contributed by atoms with Crippen molar-refractivity contribution in [1.29, 1.82) is 0 Å². The first-order valence-electron chi connectivity index (χ1n) is 9.66. The van der Waals surface area contributed by atoms with Crippen LogP contribution in [0.15, 0.2) is 53.1 Å². The largest absolute Gasteiger partial charge is 0.459 e. The topological polar surface area (TPSA) is 72.6 Å². The number of nitrogens with zero attached hydrogens (tertiary/aromatic N) is 2. The predicted molar refractivity (Wildman–Crippen MR) is 111 cm³/mol. The van der Waals surface area contributed by atoms with Gasteiger partial charge in [0, 0.05) is 13.0 Å². The molecule has 1 aromatic heterocycles. The molecule has 0 fully saturated rings. The quantitative estimate of drug-likeness (QED) is 0.585. The van der Waals surface area contributed by atoms with Gasteiger partial charge < -0.3 is 14.2 Å². The van der Waals surface area contributed by atoms with Gasteiger partial charge in [-0.1, -0.05) is 53.2 Å². The van der Waals surface area contributed by atoms with Crippen molar-refractivity contribution in [2.75, 3.05) is 0 Å². The molecule has 30 heavy (non-hydrogen) atoms. The summed E-state index contributed by atoms with van der Waals surface area (Å²) in [6, 6.07) is 13.9. The molecule has 1 amide bonds. The van der Waals surface area contributed by atoms with Crippen molar-refractivity contribution < 1.29 is 18.8 Å². The van der Waals surface area contributed by atoms with E-state index in [4.69, 9.17) is 20.9 Å². The molecular formula is C23H21ClN2O4. The molecule has 0 bridgehead atoms. The Morgan fingerprint density at radius 1 is 1.13 bits per heavy atom. The number of hydrogen-bond acceptors (Lipinski definition) is 5. The highest BCUT2D eigenvalue weighted by Crippen LogP contribution is 2.28. The van der Waals surface area contributed by atoms with Gasteiger partial charge in [-0.3, -0.25) is 4.79 Å². The first-order chi connectivity index (χ1) is 14.5. The van der Waals surface area contributed by atoms with Crippen LogP contribution >= 0.6 is 11.6 Å². The number of halogens is 1. The van der Waals surface area contributed by atoms with Crippen molar-refractivity contribution >= 4 is 23.5 Å². The van der Waals surface area contributed by atoms with Crippen LogP contribution in [0.3, 0.4) is 0 Å². The Morgan fingerprint density at radius 3 is 2.53 bits per heavy atom. The number of carbonyl (C=O) groups is 2. The number of rotatable bonds is 4. The monoisotopic (exact) mass is 424 g/mol. The van der Waals surface area contributed by atoms with Crippen LogP contribution in [-0.2, 0) is 29.1 Å². The highest BCUT2D eigenvalue weighted by Gasteiger charge is 2.36. The van der Waals surface area contributed by atoms with Gasteiger partial charge in [0.2, 0.25) is 0 Å². The Bertz CT molecular complexity index is 1090. The van der Waals surface area contributed by atoms with Crippen molar-refractivity contribution in [2.24, 2.45) is 0 Å². The first-order valence-corrected chi connectivity index (χ1v) is 10.0. The number of fused-ring (bicyclic) bond motifs is 1. The fourth-order valence-corrected chi connectivity index (χ4v) is 3.90. The number of esters is 1. The van der Waals surface area contributed by atoms with E-state index in [-0.39, 0.29) is 12.5 Å². The molecule has 154 valence electrons. The third kappa shape index (κ3) is 3.83. The van der Waals surface area contributed by atoms with Gasteiger partial charge in [-0.15, -0.1) is 0 Å². The molecule has 1 aliphatic heterocycles. The van der Waals surface area contributed by atoms with E-state index in [0.717, 1.165) is 16.7 Å². The first kappa shape index (κ1) is 20.2. The standard InChI is InChI=1S/C23H21ClN2O4/c1-14-19(15(2)30-25-14)13-29-23(28)21-11-16-7-3-4-8-17(16)12-26(21)22(27)18-9-5-6-10-20(18)24/h3-10,21H,11-13H2,1-2H3/t21-/m0/s1. The van der Waals surface area contributed by atoms with E-state index in [1.165, 1.54) is 0 Å². The zero-order chi connectivity index (χ0) is 21.3. The lowest BCUT2D eigenvalue weighted by atomic mass is 9.93. The lowest BCUT2D eigenvalue weighted by Crippen LogP contribution is -2.49. The maximum atomic E-state index is 13.3. The summed E-state index contributed by atoms with van der Waals surface area (Å²) in [5.41, 5.74) is 3.82. The molecule has 0 unspecified atom stereocenters. The van der Waals surface area contributed by atoms with Crippen molar-refractivity contribution in [3.63, 3.8) is 0 Å². The summed E-state index contributed by atoms with van der Waals surface area (Å²) in [6.45, 7) is 3.93. The van der Waals surface area contributed by atoms with Gasteiger partial charge in [0.1, 0.15) is 18.4 Å². The highest BCUT2D eigenvalue weighted by molar-refractivity contribution is 6.33. The third-order valence-corrected chi connectivity index (χ3v) is 5.76. The molecule has 1 atom stereocenters. The number of aryl methyl sites for hydroxylation is 2. The Morgan fingerprint density at radius 2 is 1.83 bits per heavy atom. The molecule has 3 aromatic rings. The van der Waals surface area contributed by atoms with Crippen LogP contribution in [0.5, 0.6) is 0 Å². The Balaban J connectivity index is 1.61. The number of benzene rings is 2. The van der Waals surface area contributed by atoms with Crippen LogP contribution in [0.4, 0.5) is 0 Å². The molecule has 2 aromatic carbocycles. The fourth-order valence-electron chi connectivity index (χ4n) is 3.68. The van der Waals surface area contributed by atoms with E-state index in [1.807, 2.05) is 24.3 Å². The molecule has 0 N–H and O–H groups in total. The van der Waals surface area contributed by atoms with Gasteiger partial charge in [-0.25, -0.2) is 4.79 Å². The number of ether oxygens (including phenoxy) is 1. The van der Waals surface area contributed by atoms with Crippen molar-refractivity contribution in [2.45, 2.75) is 39.5 Å². The van der Waals surface area contributed by atoms with Crippen LogP contribution in [0.1, 0.15) is 38.5 Å². The van der Waals surface area contributed by atoms with Crippen LogP contribution < -0.4 is 0 Å². The second-order valence-electron chi connectivity index (χ2n) is 7.31. The zero-order valence-corrected chi connectivity index (χ0v) is 17.5. The maximum absolute atomic E-state index is 13.3. The number of hydrogen-bond donors (Lipinski definition) is 0. The molecule has 0 radical (unpaired) electrons. The summed E-state index contributed by atoms with van der Waals surface area (Å²) >= 11 is 6.25. The molecule has 6 nitrogen and oxygen atoms in total. The summed E-state index contributed by atoms with van der Waals surface area (Å²) in [5, 5.41) is 4.23. The average molecular weight is 425 g/mol. The lowest BCUT2D eigenvalue weighted by Gasteiger charge is -2.35. The summed E-state index contributed by atoms with van der Waals surface area (Å²) in [4.78, 5) is 27.9. The van der Waals surface area contributed by atoms with Crippen LogP contribution in [0, 0.1) is 13.8 Å². The summed E-state index contributed by atoms with van der Waals surface area (Å²) in [7, 11) is 0. The molecule has 2 heterocycles. The minimum atomic E-state index is -0.746. The van der Waals surface area contributed by atoms with E-state index in [1.54, 1.807) is 43.0 Å². The van der Waals surface area contributed by atoms with Gasteiger partial charge >= 0.3 is 5.97 Å². The summed E-state index contributed by atoms with van der Waals surface area (Å²) in [6.07, 6.45) is 0.382. The zero-order valence-electron chi connectivity index (χ0n) is 16.7. The number of carbonyl (C=O) groups excluding carboxylic acids is 2. The van der Waals surface area contributed by atoms with Gasteiger partial charge in [0.05, 0.1) is 21.8 Å².